The van der Waals surface area contributed by atoms with Crippen LogP contribution in [0, 0.1) is 0 Å². The van der Waals surface area contributed by atoms with Crippen molar-refractivity contribution < 1.29 is 0 Å². The van der Waals surface area contributed by atoms with Gasteiger partial charge in [0.15, 0.2) is 5.82 Å². The van der Waals surface area contributed by atoms with Crippen molar-refractivity contribution in [3.63, 3.8) is 0 Å². The smallest absolute Gasteiger partial charge is 0.160 e. The molecule has 10 aromatic rings. The van der Waals surface area contributed by atoms with Crippen LogP contribution in [-0.2, 0) is 0 Å². The van der Waals surface area contributed by atoms with Gasteiger partial charge >= 0.3 is 0 Å². The molecule has 0 fully saturated rings. The fourth-order valence-electron chi connectivity index (χ4n) is 7.63. The van der Waals surface area contributed by atoms with Crippen LogP contribution in [0.5, 0.6) is 0 Å². The van der Waals surface area contributed by atoms with Crippen molar-refractivity contribution in [2.24, 2.45) is 0 Å². The Bertz CT molecular complexity index is 2920. The molecule has 0 radical (unpaired) electrons. The van der Waals surface area contributed by atoms with Gasteiger partial charge in [0, 0.05) is 40.7 Å². The fourth-order valence-corrected chi connectivity index (χ4v) is 7.63. The van der Waals surface area contributed by atoms with Gasteiger partial charge in [-0.15, -0.1) is 0 Å². The van der Waals surface area contributed by atoms with Crippen molar-refractivity contribution in [2.75, 3.05) is 0 Å². The van der Waals surface area contributed by atoms with E-state index in [4.69, 9.17) is 15.0 Å². The highest BCUT2D eigenvalue weighted by Gasteiger charge is 2.18. The van der Waals surface area contributed by atoms with Gasteiger partial charge in [-0.25, -0.2) is 9.97 Å². The SMILES string of the molecule is c1ccc(-c2c3ccccc3c(-c3cccc(-c4cc(-c5cnc6ccccc6c5)nc(-c5ccc(-c6ccncc6)cc5)n4)c3)c3ccccc23)cc1. The minimum Gasteiger partial charge on any atom is -0.265 e. The van der Waals surface area contributed by atoms with Crippen molar-refractivity contribution >= 4 is 32.4 Å². The average molecular weight is 689 g/mol. The van der Waals surface area contributed by atoms with Crippen LogP contribution in [0.1, 0.15) is 0 Å². The van der Waals surface area contributed by atoms with Gasteiger partial charge < -0.3 is 0 Å². The number of benzene rings is 7. The Morgan fingerprint density at radius 1 is 0.333 bits per heavy atom. The molecule has 10 rings (SSSR count). The van der Waals surface area contributed by atoms with E-state index in [1.807, 2.05) is 48.9 Å². The molecular weight excluding hydrogens is 657 g/mol. The number of hydrogen-bond donors (Lipinski definition) is 0. The molecular formula is C50H32N4. The second-order valence-corrected chi connectivity index (χ2v) is 13.5. The lowest BCUT2D eigenvalue weighted by atomic mass is 9.85. The summed E-state index contributed by atoms with van der Waals surface area (Å²) >= 11 is 0. The van der Waals surface area contributed by atoms with Crippen molar-refractivity contribution in [3.05, 3.63) is 195 Å². The number of para-hydroxylation sites is 1. The summed E-state index contributed by atoms with van der Waals surface area (Å²) in [4.78, 5) is 19.3. The van der Waals surface area contributed by atoms with Crippen molar-refractivity contribution in [1.29, 1.82) is 0 Å². The number of fused-ring (bicyclic) bond motifs is 3. The predicted octanol–water partition coefficient (Wildman–Crippen LogP) is 12.7. The first-order chi connectivity index (χ1) is 26.8. The molecule has 0 saturated heterocycles. The third kappa shape index (κ3) is 5.67. The lowest BCUT2D eigenvalue weighted by Gasteiger charge is -2.18. The fraction of sp³-hybridized carbons (Fsp3) is 0. The Morgan fingerprint density at radius 3 is 1.57 bits per heavy atom. The van der Waals surface area contributed by atoms with E-state index < -0.39 is 0 Å². The minimum absolute atomic E-state index is 0.658. The van der Waals surface area contributed by atoms with Gasteiger partial charge in [0.2, 0.25) is 0 Å². The zero-order valence-electron chi connectivity index (χ0n) is 29.3. The molecule has 0 bridgehead atoms. The first-order valence-corrected chi connectivity index (χ1v) is 18.1. The number of nitrogens with zero attached hydrogens (tertiary/aromatic N) is 4. The largest absolute Gasteiger partial charge is 0.265 e. The molecule has 7 aromatic carbocycles. The van der Waals surface area contributed by atoms with Crippen LogP contribution in [-0.4, -0.2) is 19.9 Å². The molecule has 0 spiro atoms. The van der Waals surface area contributed by atoms with Gasteiger partial charge in [0.1, 0.15) is 0 Å². The van der Waals surface area contributed by atoms with Gasteiger partial charge in [-0.1, -0.05) is 140 Å². The van der Waals surface area contributed by atoms with Crippen LogP contribution in [0.15, 0.2) is 195 Å². The third-order valence-corrected chi connectivity index (χ3v) is 10.2. The average Bonchev–Trinajstić information content (AvgIpc) is 3.26. The molecule has 0 N–H and O–H groups in total. The summed E-state index contributed by atoms with van der Waals surface area (Å²) in [7, 11) is 0. The van der Waals surface area contributed by atoms with Crippen LogP contribution >= 0.6 is 0 Å². The molecule has 0 atom stereocenters. The summed E-state index contributed by atoms with van der Waals surface area (Å²) in [5.41, 5.74) is 12.5. The Hall–Kier alpha value is -7.30. The molecule has 54 heavy (non-hydrogen) atoms. The van der Waals surface area contributed by atoms with Gasteiger partial charge in [-0.3, -0.25) is 9.97 Å². The van der Waals surface area contributed by atoms with Crippen molar-refractivity contribution in [1.82, 2.24) is 19.9 Å². The highest BCUT2D eigenvalue weighted by atomic mass is 14.9. The molecule has 252 valence electrons. The summed E-state index contributed by atoms with van der Waals surface area (Å²) in [6.07, 6.45) is 5.54. The lowest BCUT2D eigenvalue weighted by Crippen LogP contribution is -1.97. The summed E-state index contributed by atoms with van der Waals surface area (Å²) in [5, 5.41) is 5.96. The summed E-state index contributed by atoms with van der Waals surface area (Å²) in [5.74, 6) is 0.658. The molecule has 0 unspecified atom stereocenters. The van der Waals surface area contributed by atoms with Crippen LogP contribution in [0.3, 0.4) is 0 Å². The summed E-state index contributed by atoms with van der Waals surface area (Å²) < 4.78 is 0. The Morgan fingerprint density at radius 2 is 0.870 bits per heavy atom. The molecule has 0 saturated carbocycles. The molecule has 4 heteroatoms. The van der Waals surface area contributed by atoms with Crippen LogP contribution in [0.4, 0.5) is 0 Å². The Kier molecular flexibility index (Phi) is 7.77. The number of aromatic nitrogens is 4. The van der Waals surface area contributed by atoms with E-state index in [0.29, 0.717) is 5.82 Å². The van der Waals surface area contributed by atoms with Gasteiger partial charge in [0.25, 0.3) is 0 Å². The quantitative estimate of drug-likeness (QED) is 0.163. The predicted molar refractivity (Wildman–Crippen MR) is 223 cm³/mol. The molecule has 3 heterocycles. The normalized spacial score (nSPS) is 11.3. The van der Waals surface area contributed by atoms with Crippen LogP contribution < -0.4 is 0 Å². The first-order valence-electron chi connectivity index (χ1n) is 18.1. The molecule has 0 aliphatic rings. The number of hydrogen-bond acceptors (Lipinski definition) is 4. The van der Waals surface area contributed by atoms with E-state index in [1.54, 1.807) is 0 Å². The van der Waals surface area contributed by atoms with E-state index in [1.165, 1.54) is 38.2 Å². The minimum atomic E-state index is 0.658. The molecule has 3 aromatic heterocycles. The number of rotatable bonds is 6. The van der Waals surface area contributed by atoms with E-state index in [9.17, 15) is 0 Å². The molecule has 4 nitrogen and oxygen atoms in total. The lowest BCUT2D eigenvalue weighted by molar-refractivity contribution is 1.18. The topological polar surface area (TPSA) is 51.6 Å². The van der Waals surface area contributed by atoms with Gasteiger partial charge in [-0.05, 0) is 91.3 Å². The molecule has 0 aliphatic heterocycles. The molecule has 0 amide bonds. The van der Waals surface area contributed by atoms with E-state index in [2.05, 4.69) is 151 Å². The monoisotopic (exact) mass is 688 g/mol. The van der Waals surface area contributed by atoms with E-state index in [-0.39, 0.29) is 0 Å². The molecule has 0 aliphatic carbocycles. The maximum Gasteiger partial charge on any atom is 0.160 e. The maximum atomic E-state index is 5.24. The third-order valence-electron chi connectivity index (χ3n) is 10.2. The standard InChI is InChI=1S/C50H32N4/c1-2-11-35(12-3-1)48-41-16-5-7-18-43(41)49(44-19-8-6-17-42(44)48)39-15-10-14-38(29-39)46-31-47(40-30-37-13-4-9-20-45(37)52-32-40)54-50(53-46)36-23-21-33(22-24-36)34-25-27-51-28-26-34/h1-32H. The zero-order chi connectivity index (χ0) is 35.8. The van der Waals surface area contributed by atoms with Gasteiger partial charge in [-0.2, -0.15) is 0 Å². The second kappa shape index (κ2) is 13.4. The zero-order valence-corrected chi connectivity index (χ0v) is 29.3. The van der Waals surface area contributed by atoms with Crippen molar-refractivity contribution in [3.8, 4) is 67.3 Å². The van der Waals surface area contributed by atoms with E-state index in [0.717, 1.165) is 55.7 Å². The van der Waals surface area contributed by atoms with Crippen LogP contribution in [0.2, 0.25) is 0 Å². The maximum absolute atomic E-state index is 5.24. The van der Waals surface area contributed by atoms with Crippen LogP contribution in [0.25, 0.3) is 99.7 Å². The second-order valence-electron chi connectivity index (χ2n) is 13.5. The van der Waals surface area contributed by atoms with E-state index >= 15 is 0 Å². The highest BCUT2D eigenvalue weighted by molar-refractivity contribution is 6.21. The summed E-state index contributed by atoms with van der Waals surface area (Å²) in [6.45, 7) is 0. The van der Waals surface area contributed by atoms with Crippen molar-refractivity contribution in [2.45, 2.75) is 0 Å². The Balaban J connectivity index is 1.16. The van der Waals surface area contributed by atoms with Gasteiger partial charge in [0.05, 0.1) is 16.9 Å². The summed E-state index contributed by atoms with van der Waals surface area (Å²) in [6, 6.07) is 61.9. The first kappa shape index (κ1) is 31.4. The Labute approximate surface area is 313 Å². The highest BCUT2D eigenvalue weighted by Crippen LogP contribution is 2.44. The number of pyridine rings is 2.